The van der Waals surface area contributed by atoms with Gasteiger partial charge < -0.3 is 10.6 Å². The number of nitrogens with zero attached hydrogens (tertiary/aromatic N) is 1. The highest BCUT2D eigenvalue weighted by Gasteiger charge is 2.37. The largest absolute Gasteiger partial charge is 0.345 e. The lowest BCUT2D eigenvalue weighted by molar-refractivity contribution is -0.135. The zero-order valence-electron chi connectivity index (χ0n) is 9.55. The average Bonchev–Trinajstić information content (AvgIpc) is 2.09. The molecule has 0 unspecified atom stereocenters. The highest BCUT2D eigenvalue weighted by Crippen LogP contribution is 2.40. The third kappa shape index (κ3) is 2.27. The lowest BCUT2D eigenvalue weighted by Gasteiger charge is -2.43. The van der Waals surface area contributed by atoms with Gasteiger partial charge in [0, 0.05) is 24.9 Å². The van der Waals surface area contributed by atoms with Gasteiger partial charge in [-0.2, -0.15) is 0 Å². The molecule has 3 heteroatoms. The molecule has 0 atom stereocenters. The molecule has 0 aromatic rings. The van der Waals surface area contributed by atoms with E-state index in [1.807, 2.05) is 25.8 Å². The molecule has 1 amide bonds. The summed E-state index contributed by atoms with van der Waals surface area (Å²) in [6.07, 6.45) is 3.62. The quantitative estimate of drug-likeness (QED) is 0.738. The van der Waals surface area contributed by atoms with Crippen molar-refractivity contribution >= 4 is 5.91 Å². The van der Waals surface area contributed by atoms with Crippen molar-refractivity contribution in [3.05, 3.63) is 0 Å². The monoisotopic (exact) mass is 198 g/mol. The lowest BCUT2D eigenvalue weighted by atomic mass is 9.68. The van der Waals surface area contributed by atoms with E-state index in [0.29, 0.717) is 6.54 Å². The van der Waals surface area contributed by atoms with Gasteiger partial charge in [-0.25, -0.2) is 0 Å². The second-order valence-corrected chi connectivity index (χ2v) is 4.91. The molecule has 0 aliphatic heterocycles. The highest BCUT2D eigenvalue weighted by molar-refractivity contribution is 5.77. The zero-order valence-corrected chi connectivity index (χ0v) is 9.55. The molecule has 82 valence electrons. The van der Waals surface area contributed by atoms with Gasteiger partial charge in [0.2, 0.25) is 5.91 Å². The minimum Gasteiger partial charge on any atom is -0.345 e. The fourth-order valence-corrected chi connectivity index (χ4v) is 2.13. The van der Waals surface area contributed by atoms with Crippen LogP contribution in [-0.4, -0.2) is 30.9 Å². The van der Waals surface area contributed by atoms with Crippen LogP contribution < -0.4 is 5.73 Å². The maximum Gasteiger partial charge on any atom is 0.224 e. The number of amides is 1. The predicted octanol–water partition coefficient (Wildman–Crippen LogP) is 1.23. The van der Waals surface area contributed by atoms with Gasteiger partial charge in [0.15, 0.2) is 0 Å². The summed E-state index contributed by atoms with van der Waals surface area (Å²) in [6, 6.07) is 0. The van der Waals surface area contributed by atoms with Gasteiger partial charge in [-0.15, -0.1) is 0 Å². The van der Waals surface area contributed by atoms with Crippen LogP contribution in [0.5, 0.6) is 0 Å². The Kier molecular flexibility index (Phi) is 3.53. The van der Waals surface area contributed by atoms with Crippen molar-refractivity contribution in [1.29, 1.82) is 0 Å². The molecule has 0 heterocycles. The summed E-state index contributed by atoms with van der Waals surface area (Å²) in [5.74, 6) is 0.319. The molecule has 1 aliphatic rings. The van der Waals surface area contributed by atoms with Crippen LogP contribution >= 0.6 is 0 Å². The first-order valence-electron chi connectivity index (χ1n) is 5.46. The second kappa shape index (κ2) is 4.30. The predicted molar refractivity (Wildman–Crippen MR) is 57.8 cm³/mol. The average molecular weight is 198 g/mol. The molecule has 1 rings (SSSR count). The Morgan fingerprint density at radius 3 is 2.36 bits per heavy atom. The van der Waals surface area contributed by atoms with E-state index in [1.165, 1.54) is 19.3 Å². The Balaban J connectivity index is 2.46. The summed E-state index contributed by atoms with van der Waals surface area (Å²) in [7, 11) is 1.89. The molecule has 1 aliphatic carbocycles. The van der Waals surface area contributed by atoms with Crippen molar-refractivity contribution in [3.8, 4) is 0 Å². The topological polar surface area (TPSA) is 46.3 Å². The van der Waals surface area contributed by atoms with Crippen LogP contribution in [0.2, 0.25) is 0 Å². The van der Waals surface area contributed by atoms with E-state index < -0.39 is 0 Å². The van der Waals surface area contributed by atoms with Crippen molar-refractivity contribution in [1.82, 2.24) is 4.90 Å². The molecule has 0 aromatic heterocycles. The lowest BCUT2D eigenvalue weighted by Crippen LogP contribution is -2.48. The summed E-state index contributed by atoms with van der Waals surface area (Å²) in [4.78, 5) is 13.5. The number of carbonyl (C=O) groups excluding carboxylic acids is 1. The molecule has 3 nitrogen and oxygen atoms in total. The van der Waals surface area contributed by atoms with Gasteiger partial charge in [-0.1, -0.05) is 20.3 Å². The van der Waals surface area contributed by atoms with Crippen molar-refractivity contribution in [3.63, 3.8) is 0 Å². The van der Waals surface area contributed by atoms with Crippen molar-refractivity contribution < 1.29 is 4.79 Å². The highest BCUT2D eigenvalue weighted by atomic mass is 16.2. The smallest absolute Gasteiger partial charge is 0.224 e. The van der Waals surface area contributed by atoms with Gasteiger partial charge in [0.05, 0.1) is 0 Å². The van der Waals surface area contributed by atoms with Crippen LogP contribution in [0, 0.1) is 11.3 Å². The van der Waals surface area contributed by atoms with Crippen LogP contribution in [0.3, 0.4) is 0 Å². The first-order valence-corrected chi connectivity index (χ1v) is 5.46. The van der Waals surface area contributed by atoms with Crippen molar-refractivity contribution in [2.24, 2.45) is 17.1 Å². The van der Waals surface area contributed by atoms with E-state index in [0.717, 1.165) is 6.54 Å². The van der Waals surface area contributed by atoms with E-state index >= 15 is 0 Å². The summed E-state index contributed by atoms with van der Waals surface area (Å²) in [5, 5.41) is 0. The summed E-state index contributed by atoms with van der Waals surface area (Å²) < 4.78 is 0. The molecule has 0 spiro atoms. The zero-order chi connectivity index (χ0) is 10.8. The summed E-state index contributed by atoms with van der Waals surface area (Å²) in [6.45, 7) is 5.42. The number of rotatable bonds is 4. The van der Waals surface area contributed by atoms with Gasteiger partial charge >= 0.3 is 0 Å². The molecule has 0 aromatic carbocycles. The molecule has 0 saturated heterocycles. The number of hydrogen-bond acceptors (Lipinski definition) is 2. The SMILES string of the molecule is CC(C)C(=O)N(C)CC1(CN)CCC1. The fourth-order valence-electron chi connectivity index (χ4n) is 2.13. The maximum absolute atomic E-state index is 11.7. The van der Waals surface area contributed by atoms with Gasteiger partial charge in [-0.05, 0) is 19.4 Å². The minimum atomic E-state index is 0.0925. The van der Waals surface area contributed by atoms with E-state index in [2.05, 4.69) is 0 Å². The minimum absolute atomic E-state index is 0.0925. The van der Waals surface area contributed by atoms with Crippen LogP contribution in [0.25, 0.3) is 0 Å². The van der Waals surface area contributed by atoms with Gasteiger partial charge in [0.25, 0.3) is 0 Å². The molecule has 14 heavy (non-hydrogen) atoms. The fraction of sp³-hybridized carbons (Fsp3) is 0.909. The van der Waals surface area contributed by atoms with Crippen molar-refractivity contribution in [2.75, 3.05) is 20.1 Å². The van der Waals surface area contributed by atoms with Crippen LogP contribution in [0.15, 0.2) is 0 Å². The summed E-state index contributed by atoms with van der Waals surface area (Å²) in [5.41, 5.74) is 5.99. The van der Waals surface area contributed by atoms with Crippen LogP contribution in [0.1, 0.15) is 33.1 Å². The van der Waals surface area contributed by atoms with Gasteiger partial charge in [-0.3, -0.25) is 4.79 Å². The van der Waals surface area contributed by atoms with E-state index in [-0.39, 0.29) is 17.2 Å². The second-order valence-electron chi connectivity index (χ2n) is 4.91. The third-order valence-electron chi connectivity index (χ3n) is 3.29. The maximum atomic E-state index is 11.7. The Labute approximate surface area is 86.6 Å². The number of carbonyl (C=O) groups is 1. The van der Waals surface area contributed by atoms with Crippen LogP contribution in [0.4, 0.5) is 0 Å². The Morgan fingerprint density at radius 1 is 1.50 bits per heavy atom. The normalized spacial score (nSPS) is 19.2. The first-order chi connectivity index (χ1) is 6.51. The van der Waals surface area contributed by atoms with Crippen molar-refractivity contribution in [2.45, 2.75) is 33.1 Å². The Morgan fingerprint density at radius 2 is 2.07 bits per heavy atom. The third-order valence-corrected chi connectivity index (χ3v) is 3.29. The van der Waals surface area contributed by atoms with E-state index in [9.17, 15) is 4.79 Å². The Hall–Kier alpha value is -0.570. The number of nitrogens with two attached hydrogens (primary N) is 1. The summed E-state index contributed by atoms with van der Waals surface area (Å²) >= 11 is 0. The first kappa shape index (κ1) is 11.5. The molecule has 0 bridgehead atoms. The number of hydrogen-bond donors (Lipinski definition) is 1. The molecular formula is C11H22N2O. The Bertz CT molecular complexity index is 204. The van der Waals surface area contributed by atoms with E-state index in [1.54, 1.807) is 0 Å². The van der Waals surface area contributed by atoms with E-state index in [4.69, 9.17) is 5.73 Å². The standard InChI is InChI=1S/C11H22N2O/c1-9(2)10(14)13(3)8-11(7-12)5-4-6-11/h9H,4-8,12H2,1-3H3. The molecule has 1 fully saturated rings. The molecule has 0 radical (unpaired) electrons. The molecule has 2 N–H and O–H groups in total. The van der Waals surface area contributed by atoms with Gasteiger partial charge in [0.1, 0.15) is 0 Å². The molecule has 1 saturated carbocycles. The molecular weight excluding hydrogens is 176 g/mol. The van der Waals surface area contributed by atoms with Crippen LogP contribution in [-0.2, 0) is 4.79 Å².